The van der Waals surface area contributed by atoms with Crippen molar-refractivity contribution >= 4 is 0 Å². The lowest BCUT2D eigenvalue weighted by Gasteiger charge is -2.07. The summed E-state index contributed by atoms with van der Waals surface area (Å²) in [4.78, 5) is 3.96. The predicted octanol–water partition coefficient (Wildman–Crippen LogP) is 2.52. The van der Waals surface area contributed by atoms with E-state index in [0.29, 0.717) is 5.56 Å². The molecule has 0 saturated heterocycles. The van der Waals surface area contributed by atoms with Gasteiger partial charge in [0.15, 0.2) is 11.6 Å². The Morgan fingerprint density at radius 1 is 1.12 bits per heavy atom. The van der Waals surface area contributed by atoms with Crippen LogP contribution in [0.4, 0.5) is 8.78 Å². The maximum atomic E-state index is 13.5. The molecule has 0 aliphatic heterocycles. The summed E-state index contributed by atoms with van der Waals surface area (Å²) in [6.45, 7) is -0.265. The van der Waals surface area contributed by atoms with Crippen molar-refractivity contribution in [3.63, 3.8) is 0 Å². The number of aliphatic hydroxyl groups excluding tert-OH is 1. The molecule has 1 N–H and O–H groups in total. The summed E-state index contributed by atoms with van der Waals surface area (Å²) in [5.74, 6) is -1.87. The highest BCUT2D eigenvalue weighted by atomic mass is 19.2. The van der Waals surface area contributed by atoms with E-state index in [1.54, 1.807) is 12.1 Å². The highest BCUT2D eigenvalue weighted by Crippen LogP contribution is 2.25. The molecule has 2 aromatic rings. The number of benzene rings is 1. The van der Waals surface area contributed by atoms with Crippen LogP contribution in [0.25, 0.3) is 11.3 Å². The third-order valence-electron chi connectivity index (χ3n) is 2.27. The third kappa shape index (κ3) is 1.79. The molecule has 0 amide bonds. The normalized spacial score (nSPS) is 10.4. The zero-order chi connectivity index (χ0) is 11.5. The van der Waals surface area contributed by atoms with Crippen LogP contribution in [0.3, 0.4) is 0 Å². The first-order valence-corrected chi connectivity index (χ1v) is 4.73. The number of hydrogen-bond acceptors (Lipinski definition) is 2. The van der Waals surface area contributed by atoms with Gasteiger partial charge < -0.3 is 5.11 Å². The maximum Gasteiger partial charge on any atom is 0.168 e. The van der Waals surface area contributed by atoms with Crippen molar-refractivity contribution in [2.45, 2.75) is 6.61 Å². The Kier molecular flexibility index (Phi) is 2.92. The fraction of sp³-hybridized carbons (Fsp3) is 0.0833. The molecule has 0 saturated carbocycles. The van der Waals surface area contributed by atoms with E-state index >= 15 is 0 Å². The zero-order valence-corrected chi connectivity index (χ0v) is 8.32. The van der Waals surface area contributed by atoms with Gasteiger partial charge in [-0.1, -0.05) is 12.1 Å². The van der Waals surface area contributed by atoms with Crippen molar-refractivity contribution in [3.8, 4) is 11.3 Å². The number of aliphatic hydroxyl groups is 1. The molecule has 1 aromatic carbocycles. The standard InChI is InChI=1S/C12H9F2NO/c13-10-5-1-4-9(11(10)14)12-8(7-16)3-2-6-15-12/h1-6,16H,7H2. The van der Waals surface area contributed by atoms with E-state index in [1.165, 1.54) is 18.3 Å². The lowest BCUT2D eigenvalue weighted by molar-refractivity contribution is 0.282. The Labute approximate surface area is 91.2 Å². The number of pyridine rings is 1. The Bertz CT molecular complexity index is 514. The lowest BCUT2D eigenvalue weighted by atomic mass is 10.1. The Morgan fingerprint density at radius 2 is 1.94 bits per heavy atom. The Hall–Kier alpha value is -1.81. The summed E-state index contributed by atoms with van der Waals surface area (Å²) in [7, 11) is 0. The monoisotopic (exact) mass is 221 g/mol. The first-order valence-electron chi connectivity index (χ1n) is 4.73. The molecule has 0 aliphatic carbocycles. The van der Waals surface area contributed by atoms with Gasteiger partial charge in [-0.25, -0.2) is 8.78 Å². The minimum absolute atomic E-state index is 0.0599. The van der Waals surface area contributed by atoms with Gasteiger partial charge in [0.1, 0.15) is 0 Å². The van der Waals surface area contributed by atoms with Crippen LogP contribution in [-0.4, -0.2) is 10.1 Å². The van der Waals surface area contributed by atoms with Crippen LogP contribution >= 0.6 is 0 Å². The molecule has 2 rings (SSSR count). The highest BCUT2D eigenvalue weighted by Gasteiger charge is 2.13. The van der Waals surface area contributed by atoms with Crippen LogP contribution in [0.15, 0.2) is 36.5 Å². The summed E-state index contributed by atoms with van der Waals surface area (Å²) >= 11 is 0. The van der Waals surface area contributed by atoms with E-state index in [4.69, 9.17) is 5.11 Å². The number of rotatable bonds is 2. The topological polar surface area (TPSA) is 33.1 Å². The van der Waals surface area contributed by atoms with Gasteiger partial charge in [0.2, 0.25) is 0 Å². The smallest absolute Gasteiger partial charge is 0.168 e. The van der Waals surface area contributed by atoms with Gasteiger partial charge >= 0.3 is 0 Å². The fourth-order valence-electron chi connectivity index (χ4n) is 1.50. The van der Waals surface area contributed by atoms with Crippen molar-refractivity contribution < 1.29 is 13.9 Å². The van der Waals surface area contributed by atoms with E-state index in [-0.39, 0.29) is 17.9 Å². The van der Waals surface area contributed by atoms with Crippen molar-refractivity contribution in [3.05, 3.63) is 53.7 Å². The second-order valence-corrected chi connectivity index (χ2v) is 3.27. The van der Waals surface area contributed by atoms with Gasteiger partial charge in [-0.15, -0.1) is 0 Å². The average molecular weight is 221 g/mol. The third-order valence-corrected chi connectivity index (χ3v) is 2.27. The lowest BCUT2D eigenvalue weighted by Crippen LogP contribution is -1.96. The molecular formula is C12H9F2NO. The molecule has 82 valence electrons. The van der Waals surface area contributed by atoms with Gasteiger partial charge in [-0.2, -0.15) is 0 Å². The van der Waals surface area contributed by atoms with Crippen LogP contribution in [-0.2, 0) is 6.61 Å². The van der Waals surface area contributed by atoms with Crippen LogP contribution < -0.4 is 0 Å². The second kappa shape index (κ2) is 4.37. The Morgan fingerprint density at radius 3 is 2.69 bits per heavy atom. The van der Waals surface area contributed by atoms with Gasteiger partial charge in [-0.3, -0.25) is 4.98 Å². The Balaban J connectivity index is 2.63. The number of hydrogen-bond donors (Lipinski definition) is 1. The first-order chi connectivity index (χ1) is 7.74. The second-order valence-electron chi connectivity index (χ2n) is 3.27. The summed E-state index contributed by atoms with van der Waals surface area (Å²) in [5.41, 5.74) is 0.790. The minimum atomic E-state index is -0.948. The molecule has 1 aromatic heterocycles. The molecular weight excluding hydrogens is 212 g/mol. The quantitative estimate of drug-likeness (QED) is 0.845. The molecule has 0 fully saturated rings. The average Bonchev–Trinajstić information content (AvgIpc) is 2.33. The van der Waals surface area contributed by atoms with E-state index in [2.05, 4.69) is 4.98 Å². The predicted molar refractivity (Wildman–Crippen MR) is 55.5 cm³/mol. The van der Waals surface area contributed by atoms with Crippen molar-refractivity contribution in [2.75, 3.05) is 0 Å². The molecule has 0 spiro atoms. The van der Waals surface area contributed by atoms with E-state index < -0.39 is 11.6 Å². The number of halogens is 2. The maximum absolute atomic E-state index is 13.5. The number of nitrogens with zero attached hydrogens (tertiary/aromatic N) is 1. The minimum Gasteiger partial charge on any atom is -0.392 e. The first kappa shape index (κ1) is 10.7. The van der Waals surface area contributed by atoms with Crippen LogP contribution in [0, 0.1) is 11.6 Å². The molecule has 0 radical (unpaired) electrons. The summed E-state index contributed by atoms with van der Waals surface area (Å²) in [6.07, 6.45) is 1.47. The molecule has 2 nitrogen and oxygen atoms in total. The van der Waals surface area contributed by atoms with E-state index in [1.807, 2.05) is 0 Å². The zero-order valence-electron chi connectivity index (χ0n) is 8.32. The fourth-order valence-corrected chi connectivity index (χ4v) is 1.50. The van der Waals surface area contributed by atoms with Gasteiger partial charge in [-0.05, 0) is 18.2 Å². The molecule has 1 heterocycles. The van der Waals surface area contributed by atoms with Gasteiger partial charge in [0.25, 0.3) is 0 Å². The highest BCUT2D eigenvalue weighted by molar-refractivity contribution is 5.63. The van der Waals surface area contributed by atoms with Gasteiger partial charge in [0.05, 0.1) is 12.3 Å². The van der Waals surface area contributed by atoms with Crippen molar-refractivity contribution in [1.82, 2.24) is 4.98 Å². The molecule has 0 atom stereocenters. The molecule has 0 aliphatic rings. The summed E-state index contributed by atoms with van der Waals surface area (Å²) in [5, 5.41) is 9.08. The van der Waals surface area contributed by atoms with Crippen molar-refractivity contribution in [2.24, 2.45) is 0 Å². The summed E-state index contributed by atoms with van der Waals surface area (Å²) in [6, 6.07) is 7.13. The largest absolute Gasteiger partial charge is 0.392 e. The molecule has 0 unspecified atom stereocenters. The molecule has 0 bridgehead atoms. The van der Waals surface area contributed by atoms with Crippen molar-refractivity contribution in [1.29, 1.82) is 0 Å². The molecule has 16 heavy (non-hydrogen) atoms. The van der Waals surface area contributed by atoms with Crippen LogP contribution in [0.2, 0.25) is 0 Å². The van der Waals surface area contributed by atoms with Crippen LogP contribution in [0.5, 0.6) is 0 Å². The van der Waals surface area contributed by atoms with E-state index in [9.17, 15) is 8.78 Å². The molecule has 4 heteroatoms. The van der Waals surface area contributed by atoms with Crippen LogP contribution in [0.1, 0.15) is 5.56 Å². The SMILES string of the molecule is OCc1cccnc1-c1cccc(F)c1F. The van der Waals surface area contributed by atoms with E-state index in [0.717, 1.165) is 6.07 Å². The van der Waals surface area contributed by atoms with Gasteiger partial charge in [0, 0.05) is 17.3 Å². The summed E-state index contributed by atoms with van der Waals surface area (Å²) < 4.78 is 26.5. The number of aromatic nitrogens is 1.